The molecule has 0 aliphatic heterocycles. The molecule has 31 heavy (non-hydrogen) atoms. The van der Waals surface area contributed by atoms with Crippen LogP contribution >= 0.6 is 0 Å². The van der Waals surface area contributed by atoms with E-state index in [9.17, 15) is 14.7 Å². The molecule has 0 aliphatic rings. The Morgan fingerprint density at radius 1 is 0.871 bits per heavy atom. The monoisotopic (exact) mass is 410 g/mol. The van der Waals surface area contributed by atoms with Crippen molar-refractivity contribution in [1.82, 2.24) is 9.55 Å². The molecule has 0 saturated heterocycles. The number of nitrogens with one attached hydrogen (secondary N) is 1. The first-order chi connectivity index (χ1) is 15.0. The van der Waals surface area contributed by atoms with Crippen LogP contribution in [-0.2, 0) is 0 Å². The highest BCUT2D eigenvalue weighted by atomic mass is 16.4. The number of fused-ring (bicyclic) bond motifs is 1. The maximum Gasteiger partial charge on any atom is 0.349 e. The summed E-state index contributed by atoms with van der Waals surface area (Å²) in [6.07, 6.45) is 0. The van der Waals surface area contributed by atoms with Gasteiger partial charge in [-0.3, -0.25) is 4.57 Å². The Balaban J connectivity index is 1.90. The van der Waals surface area contributed by atoms with E-state index in [1.54, 1.807) is 36.4 Å². The normalized spacial score (nSPS) is 11.1. The summed E-state index contributed by atoms with van der Waals surface area (Å²) in [7, 11) is 0. The lowest BCUT2D eigenvalue weighted by molar-refractivity contribution is 0.471. The number of hydrogen-bond acceptors (Lipinski definition) is 4. The molecule has 0 radical (unpaired) electrons. The van der Waals surface area contributed by atoms with Gasteiger partial charge in [0.25, 0.3) is 0 Å². The Morgan fingerprint density at radius 3 is 2.29 bits per heavy atom. The van der Waals surface area contributed by atoms with Crippen molar-refractivity contribution < 1.29 is 9.52 Å². The topological polar surface area (TPSA) is 88.2 Å². The van der Waals surface area contributed by atoms with Gasteiger partial charge in [0.2, 0.25) is 0 Å². The average molecular weight is 410 g/mol. The predicted molar refractivity (Wildman–Crippen MR) is 120 cm³/mol. The summed E-state index contributed by atoms with van der Waals surface area (Å²) >= 11 is 0. The number of rotatable bonds is 3. The molecule has 0 atom stereocenters. The number of H-pyrrole nitrogens is 1. The minimum Gasteiger partial charge on any atom is -0.506 e. The van der Waals surface area contributed by atoms with Crippen LogP contribution in [0.15, 0.2) is 92.9 Å². The van der Waals surface area contributed by atoms with Gasteiger partial charge < -0.3 is 14.5 Å². The lowest BCUT2D eigenvalue weighted by Gasteiger charge is -2.11. The van der Waals surface area contributed by atoms with E-state index in [1.807, 2.05) is 49.4 Å². The lowest BCUT2D eigenvalue weighted by atomic mass is 10.0. The van der Waals surface area contributed by atoms with E-state index in [0.29, 0.717) is 16.8 Å². The third-order valence-corrected chi connectivity index (χ3v) is 5.27. The summed E-state index contributed by atoms with van der Waals surface area (Å²) in [5.41, 5.74) is 2.11. The first-order valence-electron chi connectivity index (χ1n) is 9.77. The number of aromatic amines is 1. The Labute approximate surface area is 176 Å². The maximum atomic E-state index is 13.1. The second-order valence-electron chi connectivity index (χ2n) is 7.30. The number of aromatic nitrogens is 2. The van der Waals surface area contributed by atoms with Crippen LogP contribution in [0.4, 0.5) is 0 Å². The maximum absolute atomic E-state index is 13.1. The summed E-state index contributed by atoms with van der Waals surface area (Å²) in [6, 6.07) is 23.5. The van der Waals surface area contributed by atoms with Gasteiger partial charge >= 0.3 is 11.3 Å². The molecule has 0 bridgehead atoms. The molecule has 6 nitrogen and oxygen atoms in total. The minimum absolute atomic E-state index is 0.0824. The number of imidazole rings is 1. The summed E-state index contributed by atoms with van der Waals surface area (Å²) in [6.45, 7) is 1.97. The Hall–Kier alpha value is -4.32. The highest BCUT2D eigenvalue weighted by molar-refractivity contribution is 5.92. The Bertz CT molecular complexity index is 1520. The molecule has 2 heterocycles. The molecule has 0 saturated carbocycles. The van der Waals surface area contributed by atoms with Crippen LogP contribution in [0, 0.1) is 6.92 Å². The molecule has 0 spiro atoms. The van der Waals surface area contributed by atoms with Crippen molar-refractivity contribution in [2.24, 2.45) is 0 Å². The number of para-hydroxylation sites is 2. The van der Waals surface area contributed by atoms with Crippen molar-refractivity contribution in [2.45, 2.75) is 6.92 Å². The lowest BCUT2D eigenvalue weighted by Crippen LogP contribution is -2.15. The van der Waals surface area contributed by atoms with Crippen LogP contribution in [0.5, 0.6) is 5.75 Å². The van der Waals surface area contributed by atoms with Gasteiger partial charge in [-0.05, 0) is 31.2 Å². The molecule has 2 N–H and O–H groups in total. The fourth-order valence-electron chi connectivity index (χ4n) is 3.78. The number of benzene rings is 3. The largest absolute Gasteiger partial charge is 0.506 e. The summed E-state index contributed by atoms with van der Waals surface area (Å²) in [5.74, 6) is -0.235. The van der Waals surface area contributed by atoms with Gasteiger partial charge in [0.15, 0.2) is 0 Å². The van der Waals surface area contributed by atoms with E-state index in [0.717, 1.165) is 11.1 Å². The van der Waals surface area contributed by atoms with Crippen molar-refractivity contribution in [3.8, 4) is 34.0 Å². The Kier molecular flexibility index (Phi) is 4.33. The molecule has 152 valence electrons. The molecular weight excluding hydrogens is 392 g/mol. The van der Waals surface area contributed by atoms with Crippen LogP contribution in [0.1, 0.15) is 5.56 Å². The first kappa shape index (κ1) is 18.7. The minimum atomic E-state index is -0.731. The fourth-order valence-corrected chi connectivity index (χ4v) is 3.78. The molecule has 2 aromatic heterocycles. The van der Waals surface area contributed by atoms with E-state index >= 15 is 0 Å². The quantitative estimate of drug-likeness (QED) is 0.425. The van der Waals surface area contributed by atoms with Gasteiger partial charge in [0, 0.05) is 5.56 Å². The number of aromatic hydroxyl groups is 1. The molecule has 0 fully saturated rings. The summed E-state index contributed by atoms with van der Waals surface area (Å²) < 4.78 is 6.94. The van der Waals surface area contributed by atoms with Crippen molar-refractivity contribution in [1.29, 1.82) is 0 Å². The summed E-state index contributed by atoms with van der Waals surface area (Å²) in [5, 5.41) is 11.4. The van der Waals surface area contributed by atoms with Crippen LogP contribution < -0.4 is 11.3 Å². The number of hydrogen-bond donors (Lipinski definition) is 2. The second kappa shape index (κ2) is 7.18. The molecule has 5 aromatic rings. The van der Waals surface area contributed by atoms with Gasteiger partial charge in [0.1, 0.15) is 16.9 Å². The highest BCUT2D eigenvalue weighted by Crippen LogP contribution is 2.37. The molecule has 0 amide bonds. The van der Waals surface area contributed by atoms with Crippen molar-refractivity contribution >= 4 is 11.0 Å². The zero-order valence-electron chi connectivity index (χ0n) is 16.6. The molecular formula is C25H18N2O4. The standard InChI is InChI=1S/C25H18N2O4/c1-15-11-13-16(14-12-15)22-21(26-25(30)27(22)17-7-3-2-4-8-17)20-23(28)18-9-5-6-10-19(18)31-24(20)29/h2-14,28H,1H3,(H,26,30). The van der Waals surface area contributed by atoms with Crippen LogP contribution in [0.2, 0.25) is 0 Å². The molecule has 0 aliphatic carbocycles. The van der Waals surface area contributed by atoms with Crippen LogP contribution in [0.3, 0.4) is 0 Å². The van der Waals surface area contributed by atoms with Gasteiger partial charge in [-0.25, -0.2) is 9.59 Å². The van der Waals surface area contributed by atoms with Crippen LogP contribution in [-0.4, -0.2) is 14.7 Å². The van der Waals surface area contributed by atoms with E-state index in [4.69, 9.17) is 4.42 Å². The van der Waals surface area contributed by atoms with Gasteiger partial charge in [0.05, 0.1) is 22.5 Å². The summed E-state index contributed by atoms with van der Waals surface area (Å²) in [4.78, 5) is 28.7. The average Bonchev–Trinajstić information content (AvgIpc) is 3.11. The zero-order chi connectivity index (χ0) is 21.5. The van der Waals surface area contributed by atoms with Crippen LogP contribution in [0.25, 0.3) is 39.2 Å². The van der Waals surface area contributed by atoms with Gasteiger partial charge in [-0.15, -0.1) is 0 Å². The number of aryl methyl sites for hydroxylation is 1. The zero-order valence-corrected chi connectivity index (χ0v) is 16.6. The first-order valence-corrected chi connectivity index (χ1v) is 9.77. The third kappa shape index (κ3) is 3.05. The second-order valence-corrected chi connectivity index (χ2v) is 7.30. The van der Waals surface area contributed by atoms with E-state index < -0.39 is 11.3 Å². The highest BCUT2D eigenvalue weighted by Gasteiger charge is 2.25. The molecule has 6 heteroatoms. The van der Waals surface area contributed by atoms with Gasteiger partial charge in [-0.1, -0.05) is 60.2 Å². The van der Waals surface area contributed by atoms with E-state index in [2.05, 4.69) is 4.98 Å². The molecule has 0 unspecified atom stereocenters. The third-order valence-electron chi connectivity index (χ3n) is 5.27. The Morgan fingerprint density at radius 2 is 1.55 bits per heavy atom. The van der Waals surface area contributed by atoms with E-state index in [1.165, 1.54) is 4.57 Å². The van der Waals surface area contributed by atoms with Crippen molar-refractivity contribution in [3.05, 3.63) is 105 Å². The van der Waals surface area contributed by atoms with Gasteiger partial charge in [-0.2, -0.15) is 0 Å². The van der Waals surface area contributed by atoms with E-state index in [-0.39, 0.29) is 22.6 Å². The molecule has 3 aromatic carbocycles. The smallest absolute Gasteiger partial charge is 0.349 e. The van der Waals surface area contributed by atoms with Crippen molar-refractivity contribution in [2.75, 3.05) is 0 Å². The van der Waals surface area contributed by atoms with Crippen molar-refractivity contribution in [3.63, 3.8) is 0 Å². The predicted octanol–water partition coefficient (Wildman–Crippen LogP) is 4.62. The fraction of sp³-hybridized carbons (Fsp3) is 0.0400. The SMILES string of the molecule is Cc1ccc(-c2c(-c3c(O)c4ccccc4oc3=O)[nH]c(=O)n2-c2ccccc2)cc1. The number of nitrogens with zero attached hydrogens (tertiary/aromatic N) is 1. The molecule has 5 rings (SSSR count).